The number of sulfonamides is 1. The Labute approximate surface area is 160 Å². The molecule has 27 heavy (non-hydrogen) atoms. The van der Waals surface area contributed by atoms with E-state index in [-0.39, 0.29) is 24.2 Å². The standard InChI is InChI=1S/C19H25NO6S/c1-5-6-7-12-25-16-8-10-17(11-9-16)27(22,23)20-13-14(2)26-15(3)18(20)19(21)24-4/h8-11,14-15,18H,5,12-13H2,1-4H3/t14-,15-,18+/m0/s1. The normalized spacial score (nSPS) is 23.2. The second-order valence-corrected chi connectivity index (χ2v) is 8.05. The highest BCUT2D eigenvalue weighted by Gasteiger charge is 2.45. The van der Waals surface area contributed by atoms with Crippen LogP contribution in [0.4, 0.5) is 0 Å². The van der Waals surface area contributed by atoms with Gasteiger partial charge in [-0.1, -0.05) is 12.8 Å². The lowest BCUT2D eigenvalue weighted by Crippen LogP contribution is -2.58. The van der Waals surface area contributed by atoms with Gasteiger partial charge in [-0.05, 0) is 38.1 Å². The van der Waals surface area contributed by atoms with E-state index in [1.165, 1.54) is 19.2 Å². The van der Waals surface area contributed by atoms with Gasteiger partial charge in [0.05, 0.1) is 24.2 Å². The molecule has 1 saturated heterocycles. The van der Waals surface area contributed by atoms with Gasteiger partial charge >= 0.3 is 5.97 Å². The Morgan fingerprint density at radius 2 is 1.93 bits per heavy atom. The smallest absolute Gasteiger partial charge is 0.326 e. The lowest BCUT2D eigenvalue weighted by atomic mass is 10.1. The molecule has 0 aliphatic carbocycles. The van der Waals surface area contributed by atoms with E-state index in [1.54, 1.807) is 26.0 Å². The number of methoxy groups -OCH3 is 1. The molecule has 3 atom stereocenters. The SMILES string of the molecule is CCC#CCOc1ccc(S(=O)(=O)N2C[C@H](C)O[C@@H](C)[C@@H]2C(=O)OC)cc1. The van der Waals surface area contributed by atoms with Gasteiger partial charge in [-0.15, -0.1) is 5.92 Å². The maximum absolute atomic E-state index is 13.1. The third-order valence-electron chi connectivity index (χ3n) is 4.12. The monoisotopic (exact) mass is 395 g/mol. The zero-order valence-corrected chi connectivity index (χ0v) is 16.8. The Bertz CT molecular complexity index is 809. The van der Waals surface area contributed by atoms with E-state index in [1.807, 2.05) is 6.92 Å². The van der Waals surface area contributed by atoms with Crippen molar-refractivity contribution in [2.75, 3.05) is 20.3 Å². The zero-order valence-electron chi connectivity index (χ0n) is 16.0. The molecule has 2 rings (SSSR count). The summed E-state index contributed by atoms with van der Waals surface area (Å²) < 4.78 is 43.3. The van der Waals surface area contributed by atoms with E-state index >= 15 is 0 Å². The molecule has 1 aromatic rings. The van der Waals surface area contributed by atoms with E-state index in [9.17, 15) is 13.2 Å². The van der Waals surface area contributed by atoms with Crippen LogP contribution in [0.25, 0.3) is 0 Å². The summed E-state index contributed by atoms with van der Waals surface area (Å²) in [6.07, 6.45) is -0.204. The molecule has 148 valence electrons. The fourth-order valence-electron chi connectivity index (χ4n) is 2.90. The van der Waals surface area contributed by atoms with Crippen molar-refractivity contribution >= 4 is 16.0 Å². The number of benzene rings is 1. The second kappa shape index (κ2) is 9.22. The van der Waals surface area contributed by atoms with Crippen LogP contribution in [-0.4, -0.2) is 57.2 Å². The summed E-state index contributed by atoms with van der Waals surface area (Å²) in [5, 5.41) is 0. The minimum absolute atomic E-state index is 0.0668. The lowest BCUT2D eigenvalue weighted by Gasteiger charge is -2.39. The van der Waals surface area contributed by atoms with Crippen LogP contribution < -0.4 is 4.74 Å². The Morgan fingerprint density at radius 1 is 1.26 bits per heavy atom. The summed E-state index contributed by atoms with van der Waals surface area (Å²) in [5.74, 6) is 5.62. The predicted molar refractivity (Wildman–Crippen MR) is 99.7 cm³/mol. The van der Waals surface area contributed by atoms with Crippen LogP contribution in [0.5, 0.6) is 5.75 Å². The zero-order chi connectivity index (χ0) is 20.0. The summed E-state index contributed by atoms with van der Waals surface area (Å²) >= 11 is 0. The lowest BCUT2D eigenvalue weighted by molar-refractivity contribution is -0.158. The minimum atomic E-state index is -3.91. The summed E-state index contributed by atoms with van der Waals surface area (Å²) in [5.41, 5.74) is 0. The first-order valence-electron chi connectivity index (χ1n) is 8.75. The highest BCUT2D eigenvalue weighted by atomic mass is 32.2. The van der Waals surface area contributed by atoms with Gasteiger partial charge in [0.25, 0.3) is 0 Å². The van der Waals surface area contributed by atoms with Gasteiger partial charge in [0.2, 0.25) is 10.0 Å². The fourth-order valence-corrected chi connectivity index (χ4v) is 4.61. The van der Waals surface area contributed by atoms with Gasteiger partial charge in [0, 0.05) is 13.0 Å². The van der Waals surface area contributed by atoms with Crippen molar-refractivity contribution in [3.63, 3.8) is 0 Å². The molecule has 1 heterocycles. The second-order valence-electron chi connectivity index (χ2n) is 6.16. The van der Waals surface area contributed by atoms with Crippen LogP contribution in [0.2, 0.25) is 0 Å². The summed E-state index contributed by atoms with van der Waals surface area (Å²) in [6, 6.07) is 5.02. The van der Waals surface area contributed by atoms with Crippen LogP contribution in [0, 0.1) is 11.8 Å². The van der Waals surface area contributed by atoms with Crippen molar-refractivity contribution in [3.05, 3.63) is 24.3 Å². The largest absolute Gasteiger partial charge is 0.481 e. The molecule has 0 saturated carbocycles. The van der Waals surface area contributed by atoms with Crippen molar-refractivity contribution in [3.8, 4) is 17.6 Å². The number of ether oxygens (including phenoxy) is 3. The van der Waals surface area contributed by atoms with Crippen LogP contribution in [-0.2, 0) is 24.3 Å². The first-order chi connectivity index (χ1) is 12.8. The Balaban J connectivity index is 2.25. The number of carbonyl (C=O) groups excluding carboxylic acids is 1. The van der Waals surface area contributed by atoms with Gasteiger partial charge in [-0.3, -0.25) is 4.79 Å². The molecule has 1 fully saturated rings. The Hall–Kier alpha value is -2.08. The maximum Gasteiger partial charge on any atom is 0.326 e. The molecule has 0 N–H and O–H groups in total. The van der Waals surface area contributed by atoms with Crippen LogP contribution in [0.1, 0.15) is 27.2 Å². The van der Waals surface area contributed by atoms with E-state index < -0.39 is 28.1 Å². The van der Waals surface area contributed by atoms with E-state index in [4.69, 9.17) is 14.2 Å². The molecule has 0 unspecified atom stereocenters. The van der Waals surface area contributed by atoms with Crippen molar-refractivity contribution in [2.24, 2.45) is 0 Å². The molecule has 0 radical (unpaired) electrons. The third-order valence-corrected chi connectivity index (χ3v) is 5.99. The van der Waals surface area contributed by atoms with Crippen molar-refractivity contribution in [2.45, 2.75) is 50.3 Å². The maximum atomic E-state index is 13.1. The Kier molecular flexibility index (Phi) is 7.25. The molecule has 7 nitrogen and oxygen atoms in total. The average molecular weight is 395 g/mol. The third kappa shape index (κ3) is 5.01. The van der Waals surface area contributed by atoms with Crippen molar-refractivity contribution in [1.29, 1.82) is 0 Å². The van der Waals surface area contributed by atoms with Crippen LogP contribution >= 0.6 is 0 Å². The van der Waals surface area contributed by atoms with Crippen molar-refractivity contribution < 1.29 is 27.4 Å². The predicted octanol–water partition coefficient (Wildman–Crippen LogP) is 1.82. The fraction of sp³-hybridized carbons (Fsp3) is 0.526. The molecule has 0 aromatic heterocycles. The molecular formula is C19H25NO6S. The number of hydrogen-bond acceptors (Lipinski definition) is 6. The average Bonchev–Trinajstić information content (AvgIpc) is 2.64. The summed E-state index contributed by atoms with van der Waals surface area (Å²) in [4.78, 5) is 12.2. The molecule has 1 aliphatic heterocycles. The first kappa shape index (κ1) is 21.2. The topological polar surface area (TPSA) is 82.1 Å². The highest BCUT2D eigenvalue weighted by molar-refractivity contribution is 7.89. The quantitative estimate of drug-likeness (QED) is 0.559. The molecular weight excluding hydrogens is 370 g/mol. The molecule has 0 amide bonds. The van der Waals surface area contributed by atoms with Gasteiger partial charge in [0.15, 0.2) is 0 Å². The van der Waals surface area contributed by atoms with Gasteiger partial charge in [-0.2, -0.15) is 4.31 Å². The highest BCUT2D eigenvalue weighted by Crippen LogP contribution is 2.27. The van der Waals surface area contributed by atoms with Gasteiger partial charge in [-0.25, -0.2) is 8.42 Å². The molecule has 1 aromatic carbocycles. The first-order valence-corrected chi connectivity index (χ1v) is 10.2. The molecule has 1 aliphatic rings. The number of rotatable bonds is 5. The number of esters is 1. The molecule has 0 spiro atoms. The van der Waals surface area contributed by atoms with E-state index in [0.29, 0.717) is 5.75 Å². The van der Waals surface area contributed by atoms with Crippen LogP contribution in [0.15, 0.2) is 29.2 Å². The molecule has 0 bridgehead atoms. The number of hydrogen-bond donors (Lipinski definition) is 0. The molecule has 8 heteroatoms. The van der Waals surface area contributed by atoms with Crippen LogP contribution in [0.3, 0.4) is 0 Å². The van der Waals surface area contributed by atoms with Gasteiger partial charge in [0.1, 0.15) is 18.4 Å². The van der Waals surface area contributed by atoms with Crippen molar-refractivity contribution in [1.82, 2.24) is 4.31 Å². The van der Waals surface area contributed by atoms with E-state index in [0.717, 1.165) is 10.7 Å². The number of morpholine rings is 1. The Morgan fingerprint density at radius 3 is 2.52 bits per heavy atom. The summed E-state index contributed by atoms with van der Waals surface area (Å²) in [7, 11) is -2.68. The van der Waals surface area contributed by atoms with E-state index in [2.05, 4.69) is 11.8 Å². The minimum Gasteiger partial charge on any atom is -0.481 e. The van der Waals surface area contributed by atoms with Gasteiger partial charge < -0.3 is 14.2 Å². The summed E-state index contributed by atoms with van der Waals surface area (Å²) in [6.45, 7) is 5.68. The number of nitrogens with zero attached hydrogens (tertiary/aromatic N) is 1. The number of carbonyl (C=O) groups is 1.